The van der Waals surface area contributed by atoms with Crippen molar-refractivity contribution >= 4 is 70.3 Å². The Morgan fingerprint density at radius 1 is 0.421 bits per heavy atom. The summed E-state index contributed by atoms with van der Waals surface area (Å²) < 4.78 is 7.56. The van der Waals surface area contributed by atoms with E-state index in [9.17, 15) is 0 Å². The van der Waals surface area contributed by atoms with Gasteiger partial charge in [0.05, 0.1) is 33.6 Å². The fourth-order valence-electron chi connectivity index (χ4n) is 9.14. The van der Waals surface area contributed by atoms with Gasteiger partial charge in [-0.15, -0.1) is 11.3 Å². The Bertz CT molecular complexity index is 3340. The smallest absolute Gasteiger partial charge is 0.0730 e. The standard InChI is InChI=1S/C53H35N3S/c1-3-13-34(14-4-1)46-32-39(33-47(54-46)35-15-5-2-6-16-35)56-50-26-23-36(37-24-28-53-45(30-37)42-19-9-12-22-52(42)57-53)29-43(50)44-31-38(25-27-51(44)56)55-48-20-10-7-17-40(48)41-18-8-11-21-49(41)55/h1-7,9-17,19-33H,8,18H2. The largest absolute Gasteiger partial charge is 0.310 e. The summed E-state index contributed by atoms with van der Waals surface area (Å²) in [5.74, 6) is 0. The zero-order valence-corrected chi connectivity index (χ0v) is 31.9. The van der Waals surface area contributed by atoms with E-state index < -0.39 is 0 Å². The maximum absolute atomic E-state index is 5.24. The molecule has 12 rings (SSSR count). The molecule has 0 spiro atoms. The molecule has 1 aliphatic carbocycles. The van der Waals surface area contributed by atoms with Gasteiger partial charge in [-0.2, -0.15) is 0 Å². The third kappa shape index (κ3) is 5.15. The van der Waals surface area contributed by atoms with E-state index in [1.54, 1.807) is 0 Å². The average molecular weight is 746 g/mol. The van der Waals surface area contributed by atoms with Crippen molar-refractivity contribution in [3.63, 3.8) is 0 Å². The summed E-state index contributed by atoms with van der Waals surface area (Å²) in [6, 6.07) is 64.2. The Balaban J connectivity index is 1.13. The molecule has 4 aromatic heterocycles. The fourth-order valence-corrected chi connectivity index (χ4v) is 10.2. The number of para-hydroxylation sites is 1. The number of aromatic nitrogens is 3. The van der Waals surface area contributed by atoms with Gasteiger partial charge in [-0.25, -0.2) is 4.98 Å². The van der Waals surface area contributed by atoms with Gasteiger partial charge in [0.25, 0.3) is 0 Å². The summed E-state index contributed by atoms with van der Waals surface area (Å²) >= 11 is 1.86. The lowest BCUT2D eigenvalue weighted by Gasteiger charge is -2.14. The number of hydrogen-bond acceptors (Lipinski definition) is 2. The highest BCUT2D eigenvalue weighted by atomic mass is 32.1. The van der Waals surface area contributed by atoms with E-state index in [1.807, 2.05) is 11.3 Å². The van der Waals surface area contributed by atoms with Gasteiger partial charge in [-0.05, 0) is 102 Å². The monoisotopic (exact) mass is 745 g/mol. The quantitative estimate of drug-likeness (QED) is 0.172. The summed E-state index contributed by atoms with van der Waals surface area (Å²) in [4.78, 5) is 5.24. The Labute approximate surface area is 334 Å². The van der Waals surface area contributed by atoms with Crippen molar-refractivity contribution in [3.05, 3.63) is 193 Å². The van der Waals surface area contributed by atoms with Crippen LogP contribution in [0, 0.1) is 0 Å². The maximum Gasteiger partial charge on any atom is 0.0730 e. The van der Waals surface area contributed by atoms with Crippen LogP contribution in [0.25, 0.3) is 104 Å². The van der Waals surface area contributed by atoms with Crippen molar-refractivity contribution in [1.82, 2.24) is 14.1 Å². The molecule has 0 saturated heterocycles. The number of pyridine rings is 1. The molecule has 57 heavy (non-hydrogen) atoms. The predicted octanol–water partition coefficient (Wildman–Crippen LogP) is 14.5. The number of hydrogen-bond donors (Lipinski definition) is 0. The zero-order chi connectivity index (χ0) is 37.5. The first kappa shape index (κ1) is 32.3. The summed E-state index contributed by atoms with van der Waals surface area (Å²) in [5, 5.41) is 6.42. The third-order valence-electron chi connectivity index (χ3n) is 11.8. The van der Waals surface area contributed by atoms with E-state index >= 15 is 0 Å². The minimum atomic E-state index is 0.948. The first-order chi connectivity index (χ1) is 28.2. The van der Waals surface area contributed by atoms with E-state index in [4.69, 9.17) is 4.98 Å². The number of nitrogens with zero attached hydrogens (tertiary/aromatic N) is 3. The minimum absolute atomic E-state index is 0.948. The van der Waals surface area contributed by atoms with E-state index in [-0.39, 0.29) is 0 Å². The SMILES string of the molecule is C1=Cc2c(c3ccccc3n2-c2ccc3c(c2)c2cc(-c4ccc5sc6ccccc6c5c4)ccc2n3-c2cc(-c3ccccc3)nc(-c3ccccc3)c2)CC1. The summed E-state index contributed by atoms with van der Waals surface area (Å²) in [6.07, 6.45) is 6.77. The lowest BCUT2D eigenvalue weighted by molar-refractivity contribution is 0.968. The molecule has 3 nitrogen and oxygen atoms in total. The lowest BCUT2D eigenvalue weighted by atomic mass is 10.0. The molecule has 0 atom stereocenters. The topological polar surface area (TPSA) is 22.8 Å². The van der Waals surface area contributed by atoms with Crippen LogP contribution in [0.5, 0.6) is 0 Å². The highest BCUT2D eigenvalue weighted by molar-refractivity contribution is 7.25. The summed E-state index contributed by atoms with van der Waals surface area (Å²) in [6.45, 7) is 0. The molecule has 0 saturated carbocycles. The molecule has 268 valence electrons. The first-order valence-electron chi connectivity index (χ1n) is 19.7. The Kier molecular flexibility index (Phi) is 7.23. The Morgan fingerprint density at radius 3 is 1.79 bits per heavy atom. The summed E-state index contributed by atoms with van der Waals surface area (Å²) in [7, 11) is 0. The van der Waals surface area contributed by atoms with Crippen molar-refractivity contribution in [1.29, 1.82) is 0 Å². The molecule has 0 bridgehead atoms. The van der Waals surface area contributed by atoms with Crippen molar-refractivity contribution in [3.8, 4) is 45.0 Å². The van der Waals surface area contributed by atoms with Crippen LogP contribution in [0.2, 0.25) is 0 Å². The molecule has 0 aliphatic heterocycles. The van der Waals surface area contributed by atoms with Gasteiger partial charge >= 0.3 is 0 Å². The second-order valence-corrected chi connectivity index (χ2v) is 16.1. The third-order valence-corrected chi connectivity index (χ3v) is 12.9. The van der Waals surface area contributed by atoms with E-state index in [0.29, 0.717) is 0 Å². The average Bonchev–Trinajstić information content (AvgIpc) is 3.94. The fraction of sp³-hybridized carbons (Fsp3) is 0.0377. The number of aryl methyl sites for hydroxylation is 1. The van der Waals surface area contributed by atoms with Crippen LogP contribution in [-0.4, -0.2) is 14.1 Å². The summed E-state index contributed by atoms with van der Waals surface area (Å²) in [5.41, 5.74) is 15.1. The molecule has 0 unspecified atom stereocenters. The number of fused-ring (bicyclic) bond motifs is 9. The zero-order valence-electron chi connectivity index (χ0n) is 31.1. The van der Waals surface area contributed by atoms with Crippen LogP contribution in [0.4, 0.5) is 0 Å². The molecular weight excluding hydrogens is 711 g/mol. The van der Waals surface area contributed by atoms with Gasteiger partial charge in [0.15, 0.2) is 0 Å². The van der Waals surface area contributed by atoms with Gasteiger partial charge in [-0.1, -0.05) is 115 Å². The highest BCUT2D eigenvalue weighted by Gasteiger charge is 2.21. The Morgan fingerprint density at radius 2 is 1.02 bits per heavy atom. The molecule has 0 fully saturated rings. The normalized spacial score (nSPS) is 12.7. The van der Waals surface area contributed by atoms with E-state index in [2.05, 4.69) is 197 Å². The van der Waals surface area contributed by atoms with Crippen molar-refractivity contribution < 1.29 is 0 Å². The van der Waals surface area contributed by atoms with E-state index in [0.717, 1.165) is 52.1 Å². The number of rotatable bonds is 5. The minimum Gasteiger partial charge on any atom is -0.310 e. The molecular formula is C53H35N3S. The molecule has 4 heterocycles. The molecule has 11 aromatic rings. The van der Waals surface area contributed by atoms with Crippen molar-refractivity contribution in [2.75, 3.05) is 0 Å². The van der Waals surface area contributed by atoms with Crippen LogP contribution >= 0.6 is 11.3 Å². The first-order valence-corrected chi connectivity index (χ1v) is 20.5. The van der Waals surface area contributed by atoms with Gasteiger partial charge in [0.1, 0.15) is 0 Å². The lowest BCUT2D eigenvalue weighted by Crippen LogP contribution is -2.01. The number of thiophene rings is 1. The van der Waals surface area contributed by atoms with E-state index in [1.165, 1.54) is 69.9 Å². The Hall–Kier alpha value is -7.01. The van der Waals surface area contributed by atoms with Crippen LogP contribution < -0.4 is 0 Å². The van der Waals surface area contributed by atoms with Crippen molar-refractivity contribution in [2.45, 2.75) is 12.8 Å². The van der Waals surface area contributed by atoms with Crippen LogP contribution in [0.15, 0.2) is 182 Å². The van der Waals surface area contributed by atoms with Gasteiger partial charge in [0.2, 0.25) is 0 Å². The van der Waals surface area contributed by atoms with Gasteiger partial charge < -0.3 is 9.13 Å². The molecule has 0 N–H and O–H groups in total. The molecule has 4 heteroatoms. The highest BCUT2D eigenvalue weighted by Crippen LogP contribution is 2.41. The van der Waals surface area contributed by atoms with Crippen LogP contribution in [0.3, 0.4) is 0 Å². The molecule has 7 aromatic carbocycles. The van der Waals surface area contributed by atoms with Crippen LogP contribution in [-0.2, 0) is 6.42 Å². The predicted molar refractivity (Wildman–Crippen MR) is 242 cm³/mol. The maximum atomic E-state index is 5.24. The van der Waals surface area contributed by atoms with Gasteiger partial charge in [-0.3, -0.25) is 0 Å². The van der Waals surface area contributed by atoms with Crippen LogP contribution in [0.1, 0.15) is 17.7 Å². The molecule has 0 radical (unpaired) electrons. The molecule has 1 aliphatic rings. The van der Waals surface area contributed by atoms with Gasteiger partial charge in [0, 0.05) is 58.8 Å². The second-order valence-electron chi connectivity index (χ2n) is 15.1. The number of benzene rings is 7. The number of allylic oxidation sites excluding steroid dienone is 1. The van der Waals surface area contributed by atoms with Crippen molar-refractivity contribution in [2.24, 2.45) is 0 Å². The molecule has 0 amide bonds. The second kappa shape index (κ2) is 12.8.